The summed E-state index contributed by atoms with van der Waals surface area (Å²) in [5.41, 5.74) is 2.44. The Bertz CT molecular complexity index is 335. The van der Waals surface area contributed by atoms with Crippen molar-refractivity contribution in [1.82, 2.24) is 0 Å². The van der Waals surface area contributed by atoms with Crippen molar-refractivity contribution in [3.63, 3.8) is 0 Å². The third-order valence-electron chi connectivity index (χ3n) is 2.97. The molecular formula is C14H21NO2. The molecule has 0 aliphatic carbocycles. The van der Waals surface area contributed by atoms with E-state index < -0.39 is 0 Å². The van der Waals surface area contributed by atoms with Crippen LogP contribution in [-0.2, 0) is 9.47 Å². The number of benzene rings is 1. The molecule has 0 aromatic heterocycles. The second kappa shape index (κ2) is 6.62. The molecule has 2 rings (SSSR count). The molecule has 1 fully saturated rings. The van der Waals surface area contributed by atoms with Crippen molar-refractivity contribution in [2.75, 3.05) is 38.3 Å². The van der Waals surface area contributed by atoms with E-state index in [0.29, 0.717) is 5.92 Å². The molecule has 1 unspecified atom stereocenters. The van der Waals surface area contributed by atoms with Crippen molar-refractivity contribution in [2.45, 2.75) is 13.3 Å². The van der Waals surface area contributed by atoms with E-state index in [9.17, 15) is 0 Å². The Morgan fingerprint density at radius 2 is 2.41 bits per heavy atom. The van der Waals surface area contributed by atoms with E-state index in [-0.39, 0.29) is 0 Å². The summed E-state index contributed by atoms with van der Waals surface area (Å²) in [6.45, 7) is 6.31. The molecule has 1 N–H and O–H groups in total. The van der Waals surface area contributed by atoms with Crippen molar-refractivity contribution < 1.29 is 9.47 Å². The molecule has 1 aliphatic rings. The Morgan fingerprint density at radius 1 is 1.47 bits per heavy atom. The second-order valence-corrected chi connectivity index (χ2v) is 4.60. The molecule has 0 radical (unpaired) electrons. The Morgan fingerprint density at radius 3 is 3.18 bits per heavy atom. The lowest BCUT2D eigenvalue weighted by molar-refractivity contribution is 0.0965. The van der Waals surface area contributed by atoms with Gasteiger partial charge < -0.3 is 14.8 Å². The maximum absolute atomic E-state index is 5.63. The Balaban J connectivity index is 1.56. The van der Waals surface area contributed by atoms with Crippen molar-refractivity contribution in [3.05, 3.63) is 29.8 Å². The van der Waals surface area contributed by atoms with Crippen LogP contribution in [0.25, 0.3) is 0 Å². The zero-order chi connectivity index (χ0) is 11.9. The molecule has 1 aromatic rings. The number of anilines is 1. The molecule has 0 bridgehead atoms. The molecular weight excluding hydrogens is 214 g/mol. The third kappa shape index (κ3) is 4.36. The Hall–Kier alpha value is -1.06. The standard InChI is InChI=1S/C14H21NO2/c1-12-3-2-4-14(9-12)15-6-8-17-11-13-5-7-16-10-13/h2-4,9,13,15H,5-8,10-11H2,1H3. The fraction of sp³-hybridized carbons (Fsp3) is 0.571. The molecule has 0 amide bonds. The SMILES string of the molecule is Cc1cccc(NCCOCC2CCOC2)c1. The molecule has 3 heteroatoms. The fourth-order valence-corrected chi connectivity index (χ4v) is 1.99. The van der Waals surface area contributed by atoms with Crippen LogP contribution in [-0.4, -0.2) is 33.0 Å². The average molecular weight is 235 g/mol. The fourth-order valence-electron chi connectivity index (χ4n) is 1.99. The highest BCUT2D eigenvalue weighted by Crippen LogP contribution is 2.12. The van der Waals surface area contributed by atoms with Gasteiger partial charge in [-0.05, 0) is 31.0 Å². The molecule has 1 saturated heterocycles. The highest BCUT2D eigenvalue weighted by molar-refractivity contribution is 5.45. The van der Waals surface area contributed by atoms with Crippen LogP contribution in [0.1, 0.15) is 12.0 Å². The largest absolute Gasteiger partial charge is 0.383 e. The quantitative estimate of drug-likeness (QED) is 0.768. The van der Waals surface area contributed by atoms with Gasteiger partial charge in [-0.2, -0.15) is 0 Å². The predicted molar refractivity (Wildman–Crippen MR) is 69.4 cm³/mol. The highest BCUT2D eigenvalue weighted by Gasteiger charge is 2.14. The van der Waals surface area contributed by atoms with E-state index in [2.05, 4.69) is 36.5 Å². The van der Waals surface area contributed by atoms with Crippen LogP contribution < -0.4 is 5.32 Å². The minimum absolute atomic E-state index is 0.606. The van der Waals surface area contributed by atoms with E-state index in [0.717, 1.165) is 45.1 Å². The zero-order valence-corrected chi connectivity index (χ0v) is 10.4. The van der Waals surface area contributed by atoms with Gasteiger partial charge in [0.25, 0.3) is 0 Å². The summed E-state index contributed by atoms with van der Waals surface area (Å²) in [6, 6.07) is 8.39. The van der Waals surface area contributed by atoms with Crippen LogP contribution in [0.15, 0.2) is 24.3 Å². The average Bonchev–Trinajstić information content (AvgIpc) is 2.82. The van der Waals surface area contributed by atoms with Crippen molar-refractivity contribution in [3.8, 4) is 0 Å². The van der Waals surface area contributed by atoms with Crippen LogP contribution in [0.4, 0.5) is 5.69 Å². The van der Waals surface area contributed by atoms with Gasteiger partial charge in [0.1, 0.15) is 0 Å². The van der Waals surface area contributed by atoms with E-state index in [1.165, 1.54) is 5.56 Å². The minimum atomic E-state index is 0.606. The van der Waals surface area contributed by atoms with Crippen molar-refractivity contribution in [1.29, 1.82) is 0 Å². The summed E-state index contributed by atoms with van der Waals surface area (Å²) in [7, 11) is 0. The maximum atomic E-state index is 5.63. The number of nitrogens with one attached hydrogen (secondary N) is 1. The molecule has 0 spiro atoms. The smallest absolute Gasteiger partial charge is 0.0639 e. The van der Waals surface area contributed by atoms with E-state index in [1.54, 1.807) is 0 Å². The van der Waals surface area contributed by atoms with Gasteiger partial charge in [-0.3, -0.25) is 0 Å². The monoisotopic (exact) mass is 235 g/mol. The lowest BCUT2D eigenvalue weighted by Gasteiger charge is -2.10. The lowest BCUT2D eigenvalue weighted by atomic mass is 10.1. The van der Waals surface area contributed by atoms with Gasteiger partial charge in [0, 0.05) is 24.8 Å². The Kier molecular flexibility index (Phi) is 4.83. The van der Waals surface area contributed by atoms with E-state index in [4.69, 9.17) is 9.47 Å². The molecule has 1 aromatic carbocycles. The first-order chi connectivity index (χ1) is 8.34. The second-order valence-electron chi connectivity index (χ2n) is 4.60. The van der Waals surface area contributed by atoms with Crippen molar-refractivity contribution >= 4 is 5.69 Å². The van der Waals surface area contributed by atoms with Gasteiger partial charge in [0.2, 0.25) is 0 Å². The molecule has 1 atom stereocenters. The summed E-state index contributed by atoms with van der Waals surface area (Å²) in [5.74, 6) is 0.606. The van der Waals surface area contributed by atoms with Crippen molar-refractivity contribution in [2.24, 2.45) is 5.92 Å². The maximum Gasteiger partial charge on any atom is 0.0639 e. The molecule has 17 heavy (non-hydrogen) atoms. The van der Waals surface area contributed by atoms with Gasteiger partial charge in [-0.1, -0.05) is 12.1 Å². The van der Waals surface area contributed by atoms with E-state index in [1.807, 2.05) is 0 Å². The third-order valence-corrected chi connectivity index (χ3v) is 2.97. The number of ether oxygens (including phenoxy) is 2. The summed E-state index contributed by atoms with van der Waals surface area (Å²) in [4.78, 5) is 0. The van der Waals surface area contributed by atoms with Crippen LogP contribution in [0.3, 0.4) is 0 Å². The summed E-state index contributed by atoms with van der Waals surface area (Å²) < 4.78 is 10.9. The number of rotatable bonds is 6. The summed E-state index contributed by atoms with van der Waals surface area (Å²) >= 11 is 0. The minimum Gasteiger partial charge on any atom is -0.383 e. The summed E-state index contributed by atoms with van der Waals surface area (Å²) in [5, 5.41) is 3.35. The first kappa shape index (κ1) is 12.4. The van der Waals surface area contributed by atoms with Crippen LogP contribution in [0, 0.1) is 12.8 Å². The molecule has 1 heterocycles. The van der Waals surface area contributed by atoms with Gasteiger partial charge in [-0.15, -0.1) is 0 Å². The van der Waals surface area contributed by atoms with Crippen LogP contribution >= 0.6 is 0 Å². The number of hydrogen-bond donors (Lipinski definition) is 1. The van der Waals surface area contributed by atoms with Gasteiger partial charge in [0.15, 0.2) is 0 Å². The van der Waals surface area contributed by atoms with Crippen LogP contribution in [0.5, 0.6) is 0 Å². The van der Waals surface area contributed by atoms with Gasteiger partial charge in [-0.25, -0.2) is 0 Å². The van der Waals surface area contributed by atoms with E-state index >= 15 is 0 Å². The summed E-state index contributed by atoms with van der Waals surface area (Å²) in [6.07, 6.45) is 1.14. The lowest BCUT2D eigenvalue weighted by Crippen LogP contribution is -2.14. The normalized spacial score (nSPS) is 19.5. The first-order valence-corrected chi connectivity index (χ1v) is 6.30. The molecule has 94 valence electrons. The highest BCUT2D eigenvalue weighted by atomic mass is 16.5. The zero-order valence-electron chi connectivity index (χ0n) is 10.4. The molecule has 1 aliphatic heterocycles. The first-order valence-electron chi connectivity index (χ1n) is 6.30. The van der Waals surface area contributed by atoms with Crippen LogP contribution in [0.2, 0.25) is 0 Å². The number of aryl methyl sites for hydroxylation is 1. The Labute approximate surface area is 103 Å². The predicted octanol–water partition coefficient (Wildman–Crippen LogP) is 2.46. The van der Waals surface area contributed by atoms with Gasteiger partial charge in [0.05, 0.1) is 19.8 Å². The molecule has 0 saturated carbocycles. The molecule has 3 nitrogen and oxygen atoms in total. The number of hydrogen-bond acceptors (Lipinski definition) is 3. The topological polar surface area (TPSA) is 30.5 Å². The van der Waals surface area contributed by atoms with Gasteiger partial charge >= 0.3 is 0 Å².